The minimum Gasteiger partial charge on any atom is -0.481 e. The Hall–Kier alpha value is -0.570. The number of nitrogens with two attached hydrogens (primary N) is 1. The molecule has 2 bridgehead atoms. The van der Waals surface area contributed by atoms with Crippen LogP contribution in [0.25, 0.3) is 0 Å². The Balaban J connectivity index is 2.19. The van der Waals surface area contributed by atoms with E-state index in [-0.39, 0.29) is 17.9 Å². The Bertz CT molecular complexity index is 193. The van der Waals surface area contributed by atoms with Gasteiger partial charge in [0, 0.05) is 6.04 Å². The molecule has 0 aliphatic heterocycles. The number of carbonyl (C=O) groups is 1. The first kappa shape index (κ1) is 7.10. The topological polar surface area (TPSA) is 63.3 Å². The van der Waals surface area contributed by atoms with E-state index in [1.165, 1.54) is 0 Å². The number of carboxylic acids is 1. The average molecular weight is 155 g/mol. The summed E-state index contributed by atoms with van der Waals surface area (Å²) in [6.45, 7) is 0. The van der Waals surface area contributed by atoms with Crippen molar-refractivity contribution < 1.29 is 9.90 Å². The van der Waals surface area contributed by atoms with Gasteiger partial charge in [0.05, 0.1) is 5.92 Å². The molecule has 0 heterocycles. The van der Waals surface area contributed by atoms with Crippen LogP contribution in [0.2, 0.25) is 0 Å². The lowest BCUT2D eigenvalue weighted by Crippen LogP contribution is -2.29. The maximum Gasteiger partial charge on any atom is 0.307 e. The molecule has 0 spiro atoms. The first-order valence-electron chi connectivity index (χ1n) is 4.18. The lowest BCUT2D eigenvalue weighted by molar-refractivity contribution is -0.143. The summed E-state index contributed by atoms with van der Waals surface area (Å²) >= 11 is 0. The van der Waals surface area contributed by atoms with Crippen molar-refractivity contribution in [2.24, 2.45) is 23.5 Å². The Labute approximate surface area is 65.6 Å². The molecule has 0 aromatic rings. The van der Waals surface area contributed by atoms with Crippen LogP contribution >= 0.6 is 0 Å². The van der Waals surface area contributed by atoms with Gasteiger partial charge < -0.3 is 10.8 Å². The lowest BCUT2D eigenvalue weighted by Gasteiger charge is -2.15. The predicted molar refractivity (Wildman–Crippen MR) is 39.9 cm³/mol. The number of fused-ring (bicyclic) bond motifs is 2. The Morgan fingerprint density at radius 2 is 2.18 bits per heavy atom. The summed E-state index contributed by atoms with van der Waals surface area (Å²) < 4.78 is 0. The third kappa shape index (κ3) is 0.872. The van der Waals surface area contributed by atoms with Crippen molar-refractivity contribution in [1.29, 1.82) is 0 Å². The van der Waals surface area contributed by atoms with E-state index in [1.807, 2.05) is 0 Å². The molecule has 2 fully saturated rings. The normalized spacial score (nSPS) is 48.1. The lowest BCUT2D eigenvalue weighted by atomic mass is 9.95. The summed E-state index contributed by atoms with van der Waals surface area (Å²) in [5.74, 6) is -0.0968. The van der Waals surface area contributed by atoms with E-state index in [4.69, 9.17) is 10.8 Å². The second kappa shape index (κ2) is 2.21. The molecule has 0 amide bonds. The molecule has 0 aromatic heterocycles. The number of carboxylic acid groups (broad SMARTS) is 1. The first-order valence-corrected chi connectivity index (χ1v) is 4.18. The highest BCUT2D eigenvalue weighted by Crippen LogP contribution is 2.48. The Kier molecular flexibility index (Phi) is 1.42. The van der Waals surface area contributed by atoms with Crippen LogP contribution in [0.15, 0.2) is 0 Å². The van der Waals surface area contributed by atoms with Crippen LogP contribution in [-0.4, -0.2) is 17.1 Å². The molecule has 11 heavy (non-hydrogen) atoms. The monoisotopic (exact) mass is 155 g/mol. The molecule has 4 atom stereocenters. The van der Waals surface area contributed by atoms with Gasteiger partial charge in [-0.25, -0.2) is 0 Å². The van der Waals surface area contributed by atoms with Gasteiger partial charge in [0.15, 0.2) is 0 Å². The zero-order valence-electron chi connectivity index (χ0n) is 6.36. The highest BCUT2D eigenvalue weighted by molar-refractivity contribution is 5.72. The van der Waals surface area contributed by atoms with Gasteiger partial charge in [-0.2, -0.15) is 0 Å². The van der Waals surface area contributed by atoms with Crippen LogP contribution in [0.3, 0.4) is 0 Å². The molecule has 3 heteroatoms. The van der Waals surface area contributed by atoms with E-state index < -0.39 is 5.97 Å². The smallest absolute Gasteiger partial charge is 0.307 e. The second-order valence-electron chi connectivity index (χ2n) is 3.76. The highest BCUT2D eigenvalue weighted by Gasteiger charge is 2.50. The molecule has 3 nitrogen and oxygen atoms in total. The quantitative estimate of drug-likeness (QED) is 0.577. The molecule has 2 rings (SSSR count). The van der Waals surface area contributed by atoms with E-state index in [0.29, 0.717) is 5.92 Å². The summed E-state index contributed by atoms with van der Waals surface area (Å²) in [5.41, 5.74) is 5.78. The summed E-state index contributed by atoms with van der Waals surface area (Å²) in [6, 6.07) is 0.162. The fraction of sp³-hybridized carbons (Fsp3) is 0.875. The van der Waals surface area contributed by atoms with Crippen LogP contribution in [0.5, 0.6) is 0 Å². The Morgan fingerprint density at radius 1 is 1.45 bits per heavy atom. The summed E-state index contributed by atoms with van der Waals surface area (Å²) in [6.07, 6.45) is 3.04. The van der Waals surface area contributed by atoms with Crippen molar-refractivity contribution in [1.82, 2.24) is 0 Å². The SMILES string of the molecule is N[C@H]1C[C@@H]2CC[C@@H]1[C@@H]2C(=O)O. The van der Waals surface area contributed by atoms with Crippen molar-refractivity contribution in [2.45, 2.75) is 25.3 Å². The maximum absolute atomic E-state index is 10.8. The minimum atomic E-state index is -0.634. The van der Waals surface area contributed by atoms with E-state index in [9.17, 15) is 4.79 Å². The third-order valence-corrected chi connectivity index (χ3v) is 3.25. The number of rotatable bonds is 1. The fourth-order valence-electron chi connectivity index (χ4n) is 2.77. The van der Waals surface area contributed by atoms with E-state index in [0.717, 1.165) is 19.3 Å². The first-order chi connectivity index (χ1) is 5.20. The van der Waals surface area contributed by atoms with Crippen LogP contribution < -0.4 is 5.73 Å². The molecule has 2 aliphatic carbocycles. The van der Waals surface area contributed by atoms with Gasteiger partial charge in [0.25, 0.3) is 0 Å². The second-order valence-corrected chi connectivity index (χ2v) is 3.76. The molecule has 0 radical (unpaired) electrons. The van der Waals surface area contributed by atoms with Gasteiger partial charge in [-0.1, -0.05) is 0 Å². The van der Waals surface area contributed by atoms with Crippen molar-refractivity contribution in [2.75, 3.05) is 0 Å². The average Bonchev–Trinajstić information content (AvgIpc) is 2.41. The van der Waals surface area contributed by atoms with Gasteiger partial charge in [0.2, 0.25) is 0 Å². The molecular formula is C8H13NO2. The van der Waals surface area contributed by atoms with Gasteiger partial charge in [0.1, 0.15) is 0 Å². The number of hydrogen-bond acceptors (Lipinski definition) is 2. The van der Waals surface area contributed by atoms with E-state index in [1.54, 1.807) is 0 Å². The molecular weight excluding hydrogens is 142 g/mol. The Morgan fingerprint density at radius 3 is 2.45 bits per heavy atom. The minimum absolute atomic E-state index is 0.120. The van der Waals surface area contributed by atoms with E-state index in [2.05, 4.69) is 0 Å². The van der Waals surface area contributed by atoms with Crippen LogP contribution in [-0.2, 0) is 4.79 Å². The molecule has 2 saturated carbocycles. The van der Waals surface area contributed by atoms with Gasteiger partial charge >= 0.3 is 5.97 Å². The molecule has 0 saturated heterocycles. The summed E-state index contributed by atoms with van der Waals surface area (Å²) in [4.78, 5) is 10.8. The number of aliphatic carboxylic acids is 1. The van der Waals surface area contributed by atoms with Crippen LogP contribution in [0.1, 0.15) is 19.3 Å². The van der Waals surface area contributed by atoms with Crippen molar-refractivity contribution >= 4 is 5.97 Å². The molecule has 0 unspecified atom stereocenters. The van der Waals surface area contributed by atoms with E-state index >= 15 is 0 Å². The zero-order valence-corrected chi connectivity index (χ0v) is 6.36. The molecule has 2 aliphatic rings. The standard InChI is InChI=1S/C8H13NO2/c9-6-3-4-1-2-5(6)7(4)8(10)11/h4-7H,1-3,9H2,(H,10,11)/t4-,5-,6-,7+/m0/s1. The fourth-order valence-corrected chi connectivity index (χ4v) is 2.77. The van der Waals surface area contributed by atoms with Crippen molar-refractivity contribution in [3.8, 4) is 0 Å². The van der Waals surface area contributed by atoms with Crippen LogP contribution in [0, 0.1) is 17.8 Å². The summed E-state index contributed by atoms with van der Waals surface area (Å²) in [7, 11) is 0. The predicted octanol–water partition coefficient (Wildman–Crippen LogP) is 0.444. The molecule has 3 N–H and O–H groups in total. The van der Waals surface area contributed by atoms with Gasteiger partial charge in [-0.15, -0.1) is 0 Å². The zero-order chi connectivity index (χ0) is 8.01. The maximum atomic E-state index is 10.8. The largest absolute Gasteiger partial charge is 0.481 e. The van der Waals surface area contributed by atoms with Crippen molar-refractivity contribution in [3.05, 3.63) is 0 Å². The third-order valence-electron chi connectivity index (χ3n) is 3.25. The highest BCUT2D eigenvalue weighted by atomic mass is 16.4. The van der Waals surface area contributed by atoms with Crippen molar-refractivity contribution in [3.63, 3.8) is 0 Å². The van der Waals surface area contributed by atoms with Gasteiger partial charge in [-0.3, -0.25) is 4.79 Å². The molecule has 0 aromatic carbocycles. The summed E-state index contributed by atoms with van der Waals surface area (Å²) in [5, 5.41) is 8.86. The van der Waals surface area contributed by atoms with Gasteiger partial charge in [-0.05, 0) is 31.1 Å². The van der Waals surface area contributed by atoms with Crippen LogP contribution in [0.4, 0.5) is 0 Å². The molecule has 62 valence electrons. The number of hydrogen-bond donors (Lipinski definition) is 2.